The Balaban J connectivity index is 1.72. The van der Waals surface area contributed by atoms with Gasteiger partial charge in [-0.3, -0.25) is 0 Å². The van der Waals surface area contributed by atoms with Crippen molar-refractivity contribution in [2.45, 2.75) is 75.4 Å². The van der Waals surface area contributed by atoms with Gasteiger partial charge in [0.1, 0.15) is 5.69 Å². The number of ether oxygens (including phenoxy) is 1. The van der Waals surface area contributed by atoms with Crippen LogP contribution in [0, 0.1) is 11.3 Å². The molecule has 1 aliphatic carbocycles. The lowest BCUT2D eigenvalue weighted by Gasteiger charge is -2.34. The van der Waals surface area contributed by atoms with Gasteiger partial charge in [0.25, 0.3) is 5.88 Å². The highest BCUT2D eigenvalue weighted by molar-refractivity contribution is 7.92. The van der Waals surface area contributed by atoms with Gasteiger partial charge in [-0.25, -0.2) is 23.2 Å². The Bertz CT molecular complexity index is 1870. The van der Waals surface area contributed by atoms with Gasteiger partial charge in [-0.2, -0.15) is 5.26 Å². The van der Waals surface area contributed by atoms with Crippen molar-refractivity contribution in [1.29, 1.82) is 5.26 Å². The van der Waals surface area contributed by atoms with E-state index in [0.29, 0.717) is 45.8 Å². The molecule has 5 rings (SSSR count). The number of nitrogens with zero attached hydrogens (tertiary/aromatic N) is 4. The summed E-state index contributed by atoms with van der Waals surface area (Å²) in [6, 6.07) is 14.0. The van der Waals surface area contributed by atoms with Crippen LogP contribution in [0.2, 0.25) is 0 Å². The van der Waals surface area contributed by atoms with Gasteiger partial charge in [0, 0.05) is 17.2 Å². The van der Waals surface area contributed by atoms with E-state index < -0.39 is 26.8 Å². The van der Waals surface area contributed by atoms with Crippen molar-refractivity contribution < 1.29 is 22.5 Å². The van der Waals surface area contributed by atoms with Gasteiger partial charge in [0.15, 0.2) is 21.3 Å². The molecule has 11 heteroatoms. The average Bonchev–Trinajstić information content (AvgIpc) is 3.69. The van der Waals surface area contributed by atoms with Gasteiger partial charge in [-0.15, -0.1) is 0 Å². The number of primary amides is 1. The molecule has 43 heavy (non-hydrogen) atoms. The van der Waals surface area contributed by atoms with Crippen LogP contribution in [0.1, 0.15) is 71.1 Å². The monoisotopic (exact) mass is 599 g/mol. The highest BCUT2D eigenvalue weighted by atomic mass is 32.2. The molecule has 2 N–H and O–H groups in total. The van der Waals surface area contributed by atoms with Crippen molar-refractivity contribution in [3.05, 3.63) is 65.4 Å². The summed E-state index contributed by atoms with van der Waals surface area (Å²) in [6.07, 6.45) is 1.72. The maximum Gasteiger partial charge on any atom is 0.411 e. The van der Waals surface area contributed by atoms with Gasteiger partial charge < -0.3 is 15.0 Å². The first-order valence-corrected chi connectivity index (χ1v) is 15.4. The number of carbonyl (C=O) groups is 1. The average molecular weight is 600 g/mol. The Hall–Kier alpha value is -4.56. The third-order valence-electron chi connectivity index (χ3n) is 7.20. The fourth-order valence-corrected chi connectivity index (χ4v) is 7.26. The second kappa shape index (κ2) is 10.6. The summed E-state index contributed by atoms with van der Waals surface area (Å²) in [5.74, 6) is 0.00584. The van der Waals surface area contributed by atoms with E-state index >= 15 is 0 Å². The molecule has 1 saturated carbocycles. The molecule has 2 aromatic heterocycles. The Morgan fingerprint density at radius 2 is 1.65 bits per heavy atom. The molecule has 0 unspecified atom stereocenters. The summed E-state index contributed by atoms with van der Waals surface area (Å²) in [6.45, 7) is 12.1. The molecule has 0 aliphatic heterocycles. The Kier molecular flexibility index (Phi) is 7.38. The van der Waals surface area contributed by atoms with Crippen LogP contribution in [0.4, 0.5) is 4.79 Å². The minimum atomic E-state index is -3.51. The van der Waals surface area contributed by atoms with Crippen molar-refractivity contribution in [3.63, 3.8) is 0 Å². The number of nitriles is 1. The maximum atomic E-state index is 13.6. The van der Waals surface area contributed by atoms with Gasteiger partial charge in [0.2, 0.25) is 0 Å². The summed E-state index contributed by atoms with van der Waals surface area (Å²) in [7, 11) is -3.51. The van der Waals surface area contributed by atoms with E-state index in [1.807, 2.05) is 41.5 Å². The normalized spacial score (nSPS) is 13.9. The van der Waals surface area contributed by atoms with Crippen LogP contribution in [-0.4, -0.2) is 34.9 Å². The number of benzene rings is 2. The van der Waals surface area contributed by atoms with E-state index in [0.717, 1.165) is 11.1 Å². The summed E-state index contributed by atoms with van der Waals surface area (Å²) in [5.41, 5.74) is 8.79. The van der Waals surface area contributed by atoms with Gasteiger partial charge in [-0.1, -0.05) is 64.9 Å². The molecule has 1 fully saturated rings. The van der Waals surface area contributed by atoms with E-state index in [4.69, 9.17) is 25.2 Å². The molecule has 10 nitrogen and oxygen atoms in total. The molecule has 1 aliphatic rings. The Morgan fingerprint density at radius 3 is 2.21 bits per heavy atom. The standard InChI is InChI=1S/C32H33N5O5S/c1-31(2,3)26-21(13-14-25(27(26)32(4,5)6)43(39,40)20-11-12-20)23-17-35-29(41-30(34)38)28(36-23)24-15-22(37-42-24)19-9-7-18(16-33)8-10-19/h7-10,13-15,17,20H,11-12H2,1-6H3,(H2,34,38). The molecule has 0 radical (unpaired) electrons. The zero-order chi connectivity index (χ0) is 31.3. The lowest BCUT2D eigenvalue weighted by Crippen LogP contribution is -2.27. The number of amides is 1. The van der Waals surface area contributed by atoms with Gasteiger partial charge >= 0.3 is 6.09 Å². The van der Waals surface area contributed by atoms with Crippen molar-refractivity contribution in [3.8, 4) is 45.9 Å². The molecule has 0 saturated heterocycles. The van der Waals surface area contributed by atoms with E-state index in [-0.39, 0.29) is 22.6 Å². The largest absolute Gasteiger partial charge is 0.411 e. The number of aromatic nitrogens is 3. The minimum absolute atomic E-state index is 0.0931. The number of carbonyl (C=O) groups excluding carboxylic acids is 1. The molecule has 0 atom stereocenters. The van der Waals surface area contributed by atoms with Crippen molar-refractivity contribution in [2.24, 2.45) is 5.73 Å². The van der Waals surface area contributed by atoms with Crippen LogP contribution in [0.25, 0.3) is 34.0 Å². The van der Waals surface area contributed by atoms with Crippen molar-refractivity contribution >= 4 is 15.9 Å². The zero-order valence-corrected chi connectivity index (χ0v) is 25.7. The lowest BCUT2D eigenvalue weighted by molar-refractivity contribution is 0.209. The fourth-order valence-electron chi connectivity index (χ4n) is 5.19. The second-order valence-electron chi connectivity index (χ2n) is 12.7. The molecule has 4 aromatic rings. The molecular weight excluding hydrogens is 566 g/mol. The van der Waals surface area contributed by atoms with Crippen LogP contribution in [-0.2, 0) is 20.7 Å². The third kappa shape index (κ3) is 5.88. The summed E-state index contributed by atoms with van der Waals surface area (Å²) >= 11 is 0. The van der Waals surface area contributed by atoms with Crippen LogP contribution < -0.4 is 10.5 Å². The van der Waals surface area contributed by atoms with E-state index in [2.05, 4.69) is 16.2 Å². The first-order chi connectivity index (χ1) is 20.1. The first kappa shape index (κ1) is 29.9. The van der Waals surface area contributed by atoms with E-state index in [1.165, 1.54) is 6.20 Å². The molecular formula is C32H33N5O5S. The van der Waals surface area contributed by atoms with Crippen molar-refractivity contribution in [1.82, 2.24) is 15.1 Å². The lowest BCUT2D eigenvalue weighted by atomic mass is 9.72. The predicted molar refractivity (Wildman–Crippen MR) is 161 cm³/mol. The zero-order valence-electron chi connectivity index (χ0n) is 24.9. The number of rotatable bonds is 6. The SMILES string of the molecule is CC(C)(C)c1c(-c2cnc(OC(N)=O)c(-c3cc(-c4ccc(C#N)cc4)no3)n2)ccc(S(=O)(=O)C2CC2)c1C(C)(C)C. The van der Waals surface area contributed by atoms with Crippen LogP contribution in [0.3, 0.4) is 0 Å². The second-order valence-corrected chi connectivity index (χ2v) is 14.9. The maximum absolute atomic E-state index is 13.6. The Labute approximate surface area is 250 Å². The number of hydrogen-bond acceptors (Lipinski definition) is 9. The van der Waals surface area contributed by atoms with Crippen LogP contribution in [0.15, 0.2) is 58.1 Å². The molecule has 0 spiro atoms. The molecule has 1 amide bonds. The third-order valence-corrected chi connectivity index (χ3v) is 9.50. The smallest absolute Gasteiger partial charge is 0.389 e. The summed E-state index contributed by atoms with van der Waals surface area (Å²) in [4.78, 5) is 21.3. The first-order valence-electron chi connectivity index (χ1n) is 13.9. The highest BCUT2D eigenvalue weighted by Gasteiger charge is 2.42. The molecule has 222 valence electrons. The van der Waals surface area contributed by atoms with Gasteiger partial charge in [0.05, 0.1) is 33.7 Å². The number of nitrogens with two attached hydrogens (primary N) is 1. The molecule has 2 aromatic carbocycles. The quantitative estimate of drug-likeness (QED) is 0.267. The topological polar surface area (TPSA) is 162 Å². The van der Waals surface area contributed by atoms with Crippen molar-refractivity contribution in [2.75, 3.05) is 0 Å². The van der Waals surface area contributed by atoms with E-state index in [9.17, 15) is 13.2 Å². The van der Waals surface area contributed by atoms with Crippen LogP contribution >= 0.6 is 0 Å². The summed E-state index contributed by atoms with van der Waals surface area (Å²) < 4.78 is 38.0. The summed E-state index contributed by atoms with van der Waals surface area (Å²) in [5, 5.41) is 12.9. The van der Waals surface area contributed by atoms with Crippen LogP contribution in [0.5, 0.6) is 5.88 Å². The highest BCUT2D eigenvalue weighted by Crippen LogP contribution is 2.46. The number of hydrogen-bond donors (Lipinski definition) is 1. The van der Waals surface area contributed by atoms with E-state index in [1.54, 1.807) is 42.5 Å². The fraction of sp³-hybridized carbons (Fsp3) is 0.344. The minimum Gasteiger partial charge on any atom is -0.389 e. The number of sulfone groups is 1. The van der Waals surface area contributed by atoms with Gasteiger partial charge in [-0.05, 0) is 53.0 Å². The Morgan fingerprint density at radius 1 is 1.00 bits per heavy atom. The molecule has 2 heterocycles. The predicted octanol–water partition coefficient (Wildman–Crippen LogP) is 6.33. The molecule has 0 bridgehead atoms.